The average molecular weight is 354 g/mol. The number of hydrogen-bond acceptors (Lipinski definition) is 9. The molecule has 3 rings (SSSR count). The van der Waals surface area contributed by atoms with Crippen LogP contribution in [0.2, 0.25) is 0 Å². The van der Waals surface area contributed by atoms with Crippen molar-refractivity contribution in [3.63, 3.8) is 0 Å². The number of nitrogens with zero attached hydrogens (tertiary/aromatic N) is 4. The van der Waals surface area contributed by atoms with Crippen molar-refractivity contribution in [1.29, 1.82) is 0 Å². The molecule has 132 valence electrons. The van der Waals surface area contributed by atoms with Crippen molar-refractivity contribution in [3.8, 4) is 0 Å². The molecule has 1 saturated heterocycles. The van der Waals surface area contributed by atoms with Gasteiger partial charge in [0.1, 0.15) is 24.1 Å². The van der Waals surface area contributed by atoms with Crippen molar-refractivity contribution >= 4 is 28.7 Å². The zero-order valence-corrected chi connectivity index (χ0v) is 14.2. The van der Waals surface area contributed by atoms with Crippen molar-refractivity contribution in [2.24, 2.45) is 5.73 Å². The zero-order valence-electron chi connectivity index (χ0n) is 13.4. The lowest BCUT2D eigenvalue weighted by atomic mass is 10.1. The predicted molar refractivity (Wildman–Crippen MR) is 91.8 cm³/mol. The van der Waals surface area contributed by atoms with Gasteiger partial charge in [-0.3, -0.25) is 4.57 Å². The van der Waals surface area contributed by atoms with Gasteiger partial charge in [0, 0.05) is 12.8 Å². The summed E-state index contributed by atoms with van der Waals surface area (Å²) in [4.78, 5) is 12.6. The second-order valence-corrected chi connectivity index (χ2v) is 6.71. The molecule has 10 heteroatoms. The van der Waals surface area contributed by atoms with Crippen molar-refractivity contribution in [2.75, 3.05) is 30.4 Å². The Morgan fingerprint density at radius 3 is 2.92 bits per heavy atom. The quantitative estimate of drug-likeness (QED) is 0.489. The van der Waals surface area contributed by atoms with Gasteiger partial charge in [0.25, 0.3) is 0 Å². The highest BCUT2D eigenvalue weighted by Gasteiger charge is 2.44. The third-order valence-corrected chi connectivity index (χ3v) is 5.12. The second-order valence-electron chi connectivity index (χ2n) is 5.56. The standard InChI is InChI=1S/C14H22N6O3S/c1-16-12-9-13(18-6-17-12)20(7-19-9)14-11(22)10(21)8(23-14)5-24-4-2-3-15/h6-8,10-11,14,21-22H,2-5,15H2,1H3,(H,16,17,18)/t8-,10?,11+,14-/m1/s1. The van der Waals surface area contributed by atoms with Gasteiger partial charge in [0.15, 0.2) is 17.7 Å². The van der Waals surface area contributed by atoms with E-state index in [9.17, 15) is 10.2 Å². The summed E-state index contributed by atoms with van der Waals surface area (Å²) in [6, 6.07) is 0. The van der Waals surface area contributed by atoms with Crippen molar-refractivity contribution in [1.82, 2.24) is 19.5 Å². The monoisotopic (exact) mass is 354 g/mol. The Morgan fingerprint density at radius 2 is 2.17 bits per heavy atom. The molecule has 3 heterocycles. The Morgan fingerprint density at radius 1 is 1.33 bits per heavy atom. The third kappa shape index (κ3) is 3.20. The number of thioether (sulfide) groups is 1. The first-order valence-corrected chi connectivity index (χ1v) is 8.97. The molecule has 0 radical (unpaired) electrons. The minimum Gasteiger partial charge on any atom is -0.387 e. The number of fused-ring (bicyclic) bond motifs is 1. The zero-order chi connectivity index (χ0) is 17.1. The molecule has 9 nitrogen and oxygen atoms in total. The summed E-state index contributed by atoms with van der Waals surface area (Å²) < 4.78 is 7.52. The normalized spacial score (nSPS) is 27.0. The highest BCUT2D eigenvalue weighted by atomic mass is 32.2. The summed E-state index contributed by atoms with van der Waals surface area (Å²) in [7, 11) is 1.75. The third-order valence-electron chi connectivity index (χ3n) is 3.98. The number of nitrogens with one attached hydrogen (secondary N) is 1. The van der Waals surface area contributed by atoms with Crippen LogP contribution in [-0.2, 0) is 4.74 Å². The first-order valence-electron chi connectivity index (χ1n) is 7.82. The van der Waals surface area contributed by atoms with E-state index < -0.39 is 24.5 Å². The number of ether oxygens (including phenoxy) is 1. The molecule has 24 heavy (non-hydrogen) atoms. The topological polar surface area (TPSA) is 131 Å². The van der Waals surface area contributed by atoms with E-state index in [1.54, 1.807) is 29.7 Å². The van der Waals surface area contributed by atoms with Gasteiger partial charge in [-0.25, -0.2) is 15.0 Å². The maximum Gasteiger partial charge on any atom is 0.167 e. The van der Waals surface area contributed by atoms with Crippen molar-refractivity contribution in [3.05, 3.63) is 12.7 Å². The van der Waals surface area contributed by atoms with Gasteiger partial charge in [-0.15, -0.1) is 0 Å². The first-order chi connectivity index (χ1) is 11.7. The van der Waals surface area contributed by atoms with E-state index in [1.165, 1.54) is 6.33 Å². The average Bonchev–Trinajstić information content (AvgIpc) is 3.14. The molecule has 5 N–H and O–H groups in total. The maximum absolute atomic E-state index is 10.4. The van der Waals surface area contributed by atoms with E-state index in [-0.39, 0.29) is 0 Å². The summed E-state index contributed by atoms with van der Waals surface area (Å²) >= 11 is 1.65. The Kier molecular flexibility index (Phi) is 5.51. The lowest BCUT2D eigenvalue weighted by molar-refractivity contribution is -0.0289. The number of hydrogen-bond donors (Lipinski definition) is 4. The minimum atomic E-state index is -1.05. The number of anilines is 1. The van der Waals surface area contributed by atoms with Crippen LogP contribution < -0.4 is 11.1 Å². The lowest BCUT2D eigenvalue weighted by Crippen LogP contribution is -2.32. The minimum absolute atomic E-state index is 0.448. The molecule has 0 bridgehead atoms. The van der Waals surface area contributed by atoms with E-state index in [0.717, 1.165) is 12.2 Å². The molecule has 4 atom stereocenters. The SMILES string of the molecule is CNc1ncnc2c1ncn2[C@@H]1O[C@H](CSCCCN)C(O)[C@@H]1O. The number of rotatable bonds is 7. The van der Waals surface area contributed by atoms with E-state index in [0.29, 0.717) is 29.3 Å². The van der Waals surface area contributed by atoms with Crippen molar-refractivity contribution in [2.45, 2.75) is 31.0 Å². The summed E-state index contributed by atoms with van der Waals surface area (Å²) in [5.74, 6) is 2.09. The van der Waals surface area contributed by atoms with Crippen LogP contribution in [0.3, 0.4) is 0 Å². The van der Waals surface area contributed by atoms with Gasteiger partial charge in [-0.2, -0.15) is 11.8 Å². The molecule has 0 spiro atoms. The summed E-state index contributed by atoms with van der Waals surface area (Å²) in [5.41, 5.74) is 6.61. The van der Waals surface area contributed by atoms with E-state index >= 15 is 0 Å². The molecule has 2 aromatic rings. The van der Waals surface area contributed by atoms with Crippen molar-refractivity contribution < 1.29 is 14.9 Å². The maximum atomic E-state index is 10.4. The molecular weight excluding hydrogens is 332 g/mol. The highest BCUT2D eigenvalue weighted by molar-refractivity contribution is 7.99. The molecule has 1 fully saturated rings. The molecule has 1 aliphatic heterocycles. The molecular formula is C14H22N6O3S. The summed E-state index contributed by atoms with van der Waals surface area (Å²) in [6.07, 6.45) is 0.698. The number of aliphatic hydroxyl groups is 2. The van der Waals surface area contributed by atoms with Gasteiger partial charge < -0.3 is 26.0 Å². The number of nitrogens with two attached hydrogens (primary N) is 1. The number of aliphatic hydroxyl groups excluding tert-OH is 2. The summed E-state index contributed by atoms with van der Waals surface area (Å²) in [6.45, 7) is 0.640. The number of imidazole rings is 1. The van der Waals surface area contributed by atoms with Gasteiger partial charge in [-0.1, -0.05) is 0 Å². The van der Waals surface area contributed by atoms with Crippen LogP contribution in [0.4, 0.5) is 5.82 Å². The molecule has 0 aliphatic carbocycles. The van der Waals surface area contributed by atoms with Crippen LogP contribution in [0.5, 0.6) is 0 Å². The first kappa shape index (κ1) is 17.4. The van der Waals surface area contributed by atoms with E-state index in [4.69, 9.17) is 10.5 Å². The Hall–Kier alpha value is -1.46. The second kappa shape index (κ2) is 7.62. The summed E-state index contributed by atoms with van der Waals surface area (Å²) in [5, 5.41) is 23.6. The lowest BCUT2D eigenvalue weighted by Gasteiger charge is -2.16. The van der Waals surface area contributed by atoms with Crippen LogP contribution in [-0.4, -0.2) is 73.1 Å². The van der Waals surface area contributed by atoms with Gasteiger partial charge in [0.05, 0.1) is 12.4 Å². The highest BCUT2D eigenvalue weighted by Crippen LogP contribution is 2.33. The molecule has 0 saturated carbocycles. The molecule has 0 amide bonds. The predicted octanol–water partition coefficient (Wildman–Crippen LogP) is -0.431. The van der Waals surface area contributed by atoms with Crippen LogP contribution >= 0.6 is 11.8 Å². The smallest absolute Gasteiger partial charge is 0.167 e. The van der Waals surface area contributed by atoms with Crippen LogP contribution in [0.25, 0.3) is 11.2 Å². The van der Waals surface area contributed by atoms with Gasteiger partial charge in [0.2, 0.25) is 0 Å². The van der Waals surface area contributed by atoms with Crippen LogP contribution in [0, 0.1) is 0 Å². The fourth-order valence-corrected chi connectivity index (χ4v) is 3.75. The van der Waals surface area contributed by atoms with Crippen LogP contribution in [0.15, 0.2) is 12.7 Å². The van der Waals surface area contributed by atoms with E-state index in [2.05, 4.69) is 20.3 Å². The number of aromatic nitrogens is 4. The van der Waals surface area contributed by atoms with E-state index in [1.807, 2.05) is 0 Å². The molecule has 1 unspecified atom stereocenters. The largest absolute Gasteiger partial charge is 0.387 e. The Bertz CT molecular complexity index is 684. The van der Waals surface area contributed by atoms with Crippen LogP contribution in [0.1, 0.15) is 12.6 Å². The fraction of sp³-hybridized carbons (Fsp3) is 0.643. The molecule has 2 aromatic heterocycles. The molecule has 1 aliphatic rings. The Labute approximate surface area is 143 Å². The van der Waals surface area contributed by atoms with Gasteiger partial charge in [-0.05, 0) is 18.7 Å². The molecule has 0 aromatic carbocycles. The Balaban J connectivity index is 1.77. The van der Waals surface area contributed by atoms with Gasteiger partial charge >= 0.3 is 0 Å². The fourth-order valence-electron chi connectivity index (χ4n) is 2.70.